The molecule has 1 heterocycles. The fourth-order valence-electron chi connectivity index (χ4n) is 2.37. The lowest BCUT2D eigenvalue weighted by atomic mass is 10.1. The Morgan fingerprint density at radius 3 is 2.95 bits per heavy atom. The van der Waals surface area contributed by atoms with Crippen molar-refractivity contribution in [2.45, 2.75) is 19.1 Å². The minimum Gasteiger partial charge on any atom is -0.496 e. The van der Waals surface area contributed by atoms with Crippen molar-refractivity contribution < 1.29 is 19.4 Å². The van der Waals surface area contributed by atoms with E-state index in [4.69, 9.17) is 15.2 Å². The zero-order valence-corrected chi connectivity index (χ0v) is 11.7. The molecule has 6 nitrogen and oxygen atoms in total. The van der Waals surface area contributed by atoms with Crippen molar-refractivity contribution in [3.8, 4) is 5.75 Å². The van der Waals surface area contributed by atoms with E-state index in [2.05, 4.69) is 0 Å². The number of anilines is 1. The van der Waals surface area contributed by atoms with Gasteiger partial charge < -0.3 is 25.2 Å². The van der Waals surface area contributed by atoms with Crippen molar-refractivity contribution in [2.24, 2.45) is 0 Å². The number of nitrogens with two attached hydrogens (primary N) is 1. The number of hydrogen-bond donors (Lipinski definition) is 2. The van der Waals surface area contributed by atoms with Gasteiger partial charge in [0.1, 0.15) is 5.75 Å². The molecule has 3 N–H and O–H groups in total. The molecule has 6 heteroatoms. The van der Waals surface area contributed by atoms with Gasteiger partial charge >= 0.3 is 0 Å². The third kappa shape index (κ3) is 3.02. The van der Waals surface area contributed by atoms with Crippen molar-refractivity contribution in [2.75, 3.05) is 32.5 Å². The molecule has 2 unspecified atom stereocenters. The summed E-state index contributed by atoms with van der Waals surface area (Å²) < 4.78 is 10.7. The fraction of sp³-hybridized carbons (Fsp3) is 0.500. The molecule has 0 aromatic heterocycles. The quantitative estimate of drug-likeness (QED) is 0.788. The third-order valence-corrected chi connectivity index (χ3v) is 3.27. The average molecular weight is 280 g/mol. The molecule has 110 valence electrons. The van der Waals surface area contributed by atoms with E-state index in [1.165, 1.54) is 7.11 Å². The van der Waals surface area contributed by atoms with Crippen LogP contribution in [-0.2, 0) is 4.74 Å². The molecule has 1 aromatic rings. The number of nitrogens with zero attached hydrogens (tertiary/aromatic N) is 1. The van der Waals surface area contributed by atoms with E-state index < -0.39 is 0 Å². The molecular formula is C14H20N2O4. The summed E-state index contributed by atoms with van der Waals surface area (Å²) in [7, 11) is 1.51. The van der Waals surface area contributed by atoms with E-state index in [9.17, 15) is 9.90 Å². The summed E-state index contributed by atoms with van der Waals surface area (Å²) in [6.45, 7) is 2.60. The van der Waals surface area contributed by atoms with Gasteiger partial charge in [-0.2, -0.15) is 0 Å². The molecule has 0 bridgehead atoms. The number of morpholine rings is 1. The van der Waals surface area contributed by atoms with Crippen LogP contribution in [0.5, 0.6) is 5.75 Å². The predicted molar refractivity (Wildman–Crippen MR) is 74.7 cm³/mol. The summed E-state index contributed by atoms with van der Waals surface area (Å²) in [5.74, 6) is 0.326. The number of amides is 1. The van der Waals surface area contributed by atoms with E-state index in [1.54, 1.807) is 23.1 Å². The van der Waals surface area contributed by atoms with Gasteiger partial charge in [0, 0.05) is 18.8 Å². The number of aliphatic hydroxyl groups excluding tert-OH is 1. The number of nitrogen functional groups attached to an aromatic ring is 1. The van der Waals surface area contributed by atoms with E-state index in [-0.39, 0.29) is 24.7 Å². The van der Waals surface area contributed by atoms with Crippen LogP contribution in [-0.4, -0.2) is 54.9 Å². The zero-order valence-electron chi connectivity index (χ0n) is 11.7. The lowest BCUT2D eigenvalue weighted by molar-refractivity contribution is -0.0859. The summed E-state index contributed by atoms with van der Waals surface area (Å²) in [6, 6.07) is 4.97. The van der Waals surface area contributed by atoms with Gasteiger partial charge in [-0.1, -0.05) is 0 Å². The van der Waals surface area contributed by atoms with Crippen molar-refractivity contribution in [1.82, 2.24) is 4.90 Å². The van der Waals surface area contributed by atoms with Crippen LogP contribution in [0.15, 0.2) is 18.2 Å². The standard InChI is InChI=1S/C14H20N2O4/c1-9-6-16(7-11(8-17)20-9)14(18)12-5-10(15)3-4-13(12)19-2/h3-5,9,11,17H,6-8,15H2,1-2H3. The Balaban J connectivity index is 2.24. The second kappa shape index (κ2) is 6.11. The Kier molecular flexibility index (Phi) is 4.46. The van der Waals surface area contributed by atoms with Crippen LogP contribution in [0.3, 0.4) is 0 Å². The number of carbonyl (C=O) groups excluding carboxylic acids is 1. The fourth-order valence-corrected chi connectivity index (χ4v) is 2.37. The molecule has 0 radical (unpaired) electrons. The van der Waals surface area contributed by atoms with E-state index in [1.807, 2.05) is 6.92 Å². The van der Waals surface area contributed by atoms with E-state index >= 15 is 0 Å². The Morgan fingerprint density at radius 1 is 1.55 bits per heavy atom. The van der Waals surface area contributed by atoms with Crippen LogP contribution in [0, 0.1) is 0 Å². The molecule has 1 aliphatic rings. The van der Waals surface area contributed by atoms with Crippen LogP contribution >= 0.6 is 0 Å². The predicted octanol–water partition coefficient (Wildman–Crippen LogP) is 0.499. The van der Waals surface area contributed by atoms with Crippen molar-refractivity contribution in [3.63, 3.8) is 0 Å². The highest BCUT2D eigenvalue weighted by Gasteiger charge is 2.29. The summed E-state index contributed by atoms with van der Waals surface area (Å²) in [4.78, 5) is 14.3. The molecule has 1 fully saturated rings. The van der Waals surface area contributed by atoms with Gasteiger partial charge in [0.2, 0.25) is 0 Å². The van der Waals surface area contributed by atoms with Gasteiger partial charge in [0.25, 0.3) is 5.91 Å². The first-order valence-corrected chi connectivity index (χ1v) is 6.54. The van der Waals surface area contributed by atoms with E-state index in [0.29, 0.717) is 30.1 Å². The highest BCUT2D eigenvalue weighted by molar-refractivity contribution is 5.98. The zero-order chi connectivity index (χ0) is 14.7. The molecule has 0 saturated carbocycles. The van der Waals surface area contributed by atoms with Crippen LogP contribution < -0.4 is 10.5 Å². The topological polar surface area (TPSA) is 85.0 Å². The SMILES string of the molecule is COc1ccc(N)cc1C(=O)N1CC(C)OC(CO)C1. The summed E-state index contributed by atoms with van der Waals surface area (Å²) in [5.41, 5.74) is 6.68. The van der Waals surface area contributed by atoms with E-state index in [0.717, 1.165) is 0 Å². The normalized spacial score (nSPS) is 22.6. The van der Waals surface area contributed by atoms with Crippen molar-refractivity contribution in [3.05, 3.63) is 23.8 Å². The molecule has 2 atom stereocenters. The number of aliphatic hydroxyl groups is 1. The molecule has 2 rings (SSSR count). The van der Waals surface area contributed by atoms with Gasteiger partial charge in [0.05, 0.1) is 31.5 Å². The molecule has 0 spiro atoms. The highest BCUT2D eigenvalue weighted by Crippen LogP contribution is 2.24. The maximum Gasteiger partial charge on any atom is 0.257 e. The number of ether oxygens (including phenoxy) is 2. The first-order chi connectivity index (χ1) is 9.55. The smallest absolute Gasteiger partial charge is 0.257 e. The minimum absolute atomic E-state index is 0.109. The molecule has 20 heavy (non-hydrogen) atoms. The monoisotopic (exact) mass is 280 g/mol. The second-order valence-corrected chi connectivity index (χ2v) is 4.92. The lowest BCUT2D eigenvalue weighted by Gasteiger charge is -2.36. The Morgan fingerprint density at radius 2 is 2.30 bits per heavy atom. The number of hydrogen-bond acceptors (Lipinski definition) is 5. The Hall–Kier alpha value is -1.79. The number of carbonyl (C=O) groups is 1. The Labute approximate surface area is 118 Å². The van der Waals surface area contributed by atoms with Crippen LogP contribution in [0.4, 0.5) is 5.69 Å². The molecule has 1 aromatic carbocycles. The van der Waals surface area contributed by atoms with Crippen LogP contribution in [0.2, 0.25) is 0 Å². The van der Waals surface area contributed by atoms with Crippen LogP contribution in [0.1, 0.15) is 17.3 Å². The molecule has 0 aliphatic carbocycles. The lowest BCUT2D eigenvalue weighted by Crippen LogP contribution is -2.50. The average Bonchev–Trinajstić information content (AvgIpc) is 2.45. The van der Waals surface area contributed by atoms with Crippen molar-refractivity contribution in [1.29, 1.82) is 0 Å². The minimum atomic E-state index is -0.352. The Bertz CT molecular complexity index is 492. The molecule has 1 saturated heterocycles. The van der Waals surface area contributed by atoms with Crippen LogP contribution in [0.25, 0.3) is 0 Å². The number of rotatable bonds is 3. The van der Waals surface area contributed by atoms with Gasteiger partial charge in [-0.3, -0.25) is 4.79 Å². The summed E-state index contributed by atoms with van der Waals surface area (Å²) in [6.07, 6.45) is -0.466. The third-order valence-electron chi connectivity index (χ3n) is 3.27. The molecular weight excluding hydrogens is 260 g/mol. The maximum atomic E-state index is 12.6. The first-order valence-electron chi connectivity index (χ1n) is 6.54. The summed E-state index contributed by atoms with van der Waals surface area (Å²) in [5, 5.41) is 9.22. The van der Waals surface area contributed by atoms with Gasteiger partial charge in [-0.05, 0) is 25.1 Å². The number of methoxy groups -OCH3 is 1. The molecule has 1 amide bonds. The second-order valence-electron chi connectivity index (χ2n) is 4.92. The van der Waals surface area contributed by atoms with Gasteiger partial charge in [-0.15, -0.1) is 0 Å². The highest BCUT2D eigenvalue weighted by atomic mass is 16.5. The summed E-state index contributed by atoms with van der Waals surface area (Å²) >= 11 is 0. The van der Waals surface area contributed by atoms with Gasteiger partial charge in [0.15, 0.2) is 0 Å². The number of benzene rings is 1. The largest absolute Gasteiger partial charge is 0.496 e. The first kappa shape index (κ1) is 14.6. The van der Waals surface area contributed by atoms with Gasteiger partial charge in [-0.25, -0.2) is 0 Å². The van der Waals surface area contributed by atoms with Crippen molar-refractivity contribution >= 4 is 11.6 Å². The molecule has 1 aliphatic heterocycles. The maximum absolute atomic E-state index is 12.6.